The highest BCUT2D eigenvalue weighted by atomic mass is 15.2. The van der Waals surface area contributed by atoms with Gasteiger partial charge in [0.15, 0.2) is 0 Å². The molecule has 104 valence electrons. The summed E-state index contributed by atoms with van der Waals surface area (Å²) in [6, 6.07) is 0. The van der Waals surface area contributed by atoms with Crippen LogP contribution in [0.2, 0.25) is 0 Å². The van der Waals surface area contributed by atoms with Gasteiger partial charge in [0, 0.05) is 5.70 Å². The molecule has 1 aliphatic rings. The highest BCUT2D eigenvalue weighted by Crippen LogP contribution is 2.17. The van der Waals surface area contributed by atoms with Gasteiger partial charge in [-0.25, -0.2) is 0 Å². The quantitative estimate of drug-likeness (QED) is 0.530. The van der Waals surface area contributed by atoms with Crippen molar-refractivity contribution in [3.63, 3.8) is 0 Å². The Bertz CT molecular complexity index is 553. The van der Waals surface area contributed by atoms with Crippen LogP contribution in [0.4, 0.5) is 0 Å². The molecule has 1 atom stereocenters. The lowest BCUT2D eigenvalue weighted by Crippen LogP contribution is -2.31. The van der Waals surface area contributed by atoms with E-state index in [1.165, 1.54) is 0 Å². The van der Waals surface area contributed by atoms with Crippen LogP contribution in [0.15, 0.2) is 90.7 Å². The Balaban J connectivity index is 3.01. The van der Waals surface area contributed by atoms with E-state index in [0.717, 1.165) is 17.0 Å². The zero-order chi connectivity index (χ0) is 15.0. The lowest BCUT2D eigenvalue weighted by molar-refractivity contribution is 0.668. The average molecular weight is 267 g/mol. The molecule has 0 aromatic heterocycles. The van der Waals surface area contributed by atoms with E-state index in [-0.39, 0.29) is 6.17 Å². The fourth-order valence-corrected chi connectivity index (χ4v) is 1.67. The molecule has 0 aromatic rings. The van der Waals surface area contributed by atoms with Crippen LogP contribution in [0.25, 0.3) is 0 Å². The molecule has 0 amide bonds. The van der Waals surface area contributed by atoms with Crippen molar-refractivity contribution >= 4 is 0 Å². The molecule has 4 N–H and O–H groups in total. The number of allylic oxidation sites excluding steroid dienone is 6. The largest absolute Gasteiger partial charge is 0.399 e. The standard InChI is InChI=1S/C17H21N3/c1-5-9-10-16-15(8-4)19-17(20-16)13(6-2)11-12-14(18)7-3/h5-7,9-12,17,19-20H,2-4,18H2,1H3/b9-5-,13-11+,14-12+,16-10+. The van der Waals surface area contributed by atoms with Gasteiger partial charge >= 0.3 is 0 Å². The second kappa shape index (κ2) is 7.72. The molecule has 1 heterocycles. The Morgan fingerprint density at radius 3 is 2.55 bits per heavy atom. The van der Waals surface area contributed by atoms with E-state index in [9.17, 15) is 0 Å². The fourth-order valence-electron chi connectivity index (χ4n) is 1.67. The number of nitrogens with one attached hydrogen (secondary N) is 2. The third-order valence-electron chi connectivity index (χ3n) is 2.76. The minimum absolute atomic E-state index is 0.0814. The SMILES string of the molecule is C=C=C1NC(/C(C=C)=C/C=C(/N)C=C)N/C1=C/C=C\C. The molecule has 0 aliphatic carbocycles. The van der Waals surface area contributed by atoms with E-state index in [2.05, 4.69) is 36.1 Å². The van der Waals surface area contributed by atoms with Crippen molar-refractivity contribution in [1.82, 2.24) is 10.6 Å². The molecule has 1 unspecified atom stereocenters. The first-order valence-electron chi connectivity index (χ1n) is 6.35. The van der Waals surface area contributed by atoms with Gasteiger partial charge in [0.05, 0.1) is 5.70 Å². The molecule has 0 saturated carbocycles. The predicted octanol–water partition coefficient (Wildman–Crippen LogP) is 2.78. The molecular formula is C17H21N3. The van der Waals surface area contributed by atoms with Crippen LogP contribution in [0.3, 0.4) is 0 Å². The zero-order valence-electron chi connectivity index (χ0n) is 11.8. The minimum Gasteiger partial charge on any atom is -0.399 e. The van der Waals surface area contributed by atoms with Crippen molar-refractivity contribution in [2.75, 3.05) is 0 Å². The van der Waals surface area contributed by atoms with Gasteiger partial charge in [-0.1, -0.05) is 44.0 Å². The topological polar surface area (TPSA) is 50.1 Å². The smallest absolute Gasteiger partial charge is 0.124 e. The average Bonchev–Trinajstić information content (AvgIpc) is 2.88. The predicted molar refractivity (Wildman–Crippen MR) is 86.4 cm³/mol. The Morgan fingerprint density at radius 1 is 1.25 bits per heavy atom. The van der Waals surface area contributed by atoms with Crippen molar-refractivity contribution in [3.05, 3.63) is 90.7 Å². The molecule has 0 bridgehead atoms. The molecule has 20 heavy (non-hydrogen) atoms. The first-order valence-corrected chi connectivity index (χ1v) is 6.35. The van der Waals surface area contributed by atoms with E-state index in [1.54, 1.807) is 18.2 Å². The maximum atomic E-state index is 5.70. The van der Waals surface area contributed by atoms with Gasteiger partial charge in [-0.15, -0.1) is 5.73 Å². The van der Waals surface area contributed by atoms with Gasteiger partial charge in [0.2, 0.25) is 0 Å². The van der Waals surface area contributed by atoms with Crippen molar-refractivity contribution in [3.8, 4) is 0 Å². The highest BCUT2D eigenvalue weighted by molar-refractivity contribution is 5.41. The number of hydrogen-bond donors (Lipinski definition) is 3. The van der Waals surface area contributed by atoms with E-state index in [4.69, 9.17) is 5.73 Å². The maximum absolute atomic E-state index is 5.70. The highest BCUT2D eigenvalue weighted by Gasteiger charge is 2.22. The van der Waals surface area contributed by atoms with Crippen molar-refractivity contribution < 1.29 is 0 Å². The second-order valence-electron chi connectivity index (χ2n) is 4.12. The summed E-state index contributed by atoms with van der Waals surface area (Å²) in [5.41, 5.74) is 11.9. The summed E-state index contributed by atoms with van der Waals surface area (Å²) < 4.78 is 0. The molecule has 3 nitrogen and oxygen atoms in total. The third kappa shape index (κ3) is 3.94. The minimum atomic E-state index is -0.0814. The van der Waals surface area contributed by atoms with Crippen molar-refractivity contribution in [2.45, 2.75) is 13.1 Å². The van der Waals surface area contributed by atoms with Crippen LogP contribution in [0.5, 0.6) is 0 Å². The summed E-state index contributed by atoms with van der Waals surface area (Å²) in [5.74, 6) is 0. The lowest BCUT2D eigenvalue weighted by atomic mass is 10.2. The molecule has 1 fully saturated rings. The van der Waals surface area contributed by atoms with Crippen LogP contribution >= 0.6 is 0 Å². The molecule has 0 aromatic carbocycles. The molecule has 0 spiro atoms. The van der Waals surface area contributed by atoms with Crippen molar-refractivity contribution in [1.29, 1.82) is 0 Å². The van der Waals surface area contributed by atoms with Crippen LogP contribution in [-0.4, -0.2) is 6.17 Å². The summed E-state index contributed by atoms with van der Waals surface area (Å²) in [7, 11) is 0. The molecule has 1 rings (SSSR count). The van der Waals surface area contributed by atoms with E-state index in [0.29, 0.717) is 5.70 Å². The van der Waals surface area contributed by atoms with E-state index in [1.807, 2.05) is 31.2 Å². The van der Waals surface area contributed by atoms with Gasteiger partial charge < -0.3 is 16.4 Å². The first-order chi connectivity index (χ1) is 9.65. The summed E-state index contributed by atoms with van der Waals surface area (Å²) in [5, 5.41) is 6.63. The lowest BCUT2D eigenvalue weighted by Gasteiger charge is -2.12. The molecule has 1 saturated heterocycles. The van der Waals surface area contributed by atoms with Crippen LogP contribution in [0, 0.1) is 0 Å². The first kappa shape index (κ1) is 15.4. The summed E-state index contributed by atoms with van der Waals surface area (Å²) in [4.78, 5) is 0. The number of hydrogen-bond acceptors (Lipinski definition) is 3. The Labute approximate surface area is 120 Å². The molecule has 0 radical (unpaired) electrons. The molecule has 1 aliphatic heterocycles. The fraction of sp³-hybridized carbons (Fsp3) is 0.118. The molecule has 3 heteroatoms. The maximum Gasteiger partial charge on any atom is 0.124 e. The van der Waals surface area contributed by atoms with Crippen LogP contribution in [0.1, 0.15) is 6.92 Å². The van der Waals surface area contributed by atoms with Gasteiger partial charge in [0.25, 0.3) is 0 Å². The Kier molecular flexibility index (Phi) is 5.95. The van der Waals surface area contributed by atoms with E-state index >= 15 is 0 Å². The van der Waals surface area contributed by atoms with Gasteiger partial charge in [-0.3, -0.25) is 0 Å². The Morgan fingerprint density at radius 2 is 2.00 bits per heavy atom. The Hall–Kier alpha value is -2.64. The summed E-state index contributed by atoms with van der Waals surface area (Å²) >= 11 is 0. The second-order valence-corrected chi connectivity index (χ2v) is 4.12. The zero-order valence-corrected chi connectivity index (χ0v) is 11.8. The van der Waals surface area contributed by atoms with Crippen LogP contribution in [-0.2, 0) is 0 Å². The number of rotatable bonds is 5. The normalized spacial score (nSPS) is 21.6. The van der Waals surface area contributed by atoms with E-state index < -0.39 is 0 Å². The third-order valence-corrected chi connectivity index (χ3v) is 2.76. The van der Waals surface area contributed by atoms with Gasteiger partial charge in [0.1, 0.15) is 11.9 Å². The monoisotopic (exact) mass is 267 g/mol. The summed E-state index contributed by atoms with van der Waals surface area (Å²) in [6.45, 7) is 13.1. The summed E-state index contributed by atoms with van der Waals surface area (Å²) in [6.07, 6.45) is 12.9. The van der Waals surface area contributed by atoms with Crippen molar-refractivity contribution in [2.24, 2.45) is 5.73 Å². The number of nitrogens with two attached hydrogens (primary N) is 1. The molecular weight excluding hydrogens is 246 g/mol. The van der Waals surface area contributed by atoms with Crippen LogP contribution < -0.4 is 16.4 Å². The van der Waals surface area contributed by atoms with Gasteiger partial charge in [-0.05, 0) is 30.7 Å². The van der Waals surface area contributed by atoms with Gasteiger partial charge in [-0.2, -0.15) is 0 Å².